The Bertz CT molecular complexity index is 584. The fraction of sp³-hybridized carbons (Fsp3) is 0. The number of nitrogens with zero attached hydrogens (tertiary/aromatic N) is 2. The highest BCUT2D eigenvalue weighted by Gasteiger charge is 2.00. The summed E-state index contributed by atoms with van der Waals surface area (Å²) in [4.78, 5) is 11.0. The maximum atomic E-state index is 4.09. The molecule has 71 valence electrons. The van der Waals surface area contributed by atoms with Crippen LogP contribution in [0.15, 0.2) is 42.7 Å². The van der Waals surface area contributed by atoms with E-state index in [9.17, 15) is 0 Å². The summed E-state index contributed by atoms with van der Waals surface area (Å²) in [5, 5.41) is 1.21. The van der Waals surface area contributed by atoms with Crippen LogP contribution in [0.25, 0.3) is 22.2 Å². The lowest BCUT2D eigenvalue weighted by Crippen LogP contribution is -1.83. The molecule has 0 aliphatic rings. The molecule has 0 fully saturated rings. The highest BCUT2D eigenvalue weighted by Crippen LogP contribution is 2.21. The van der Waals surface area contributed by atoms with Crippen molar-refractivity contribution in [3.63, 3.8) is 0 Å². The van der Waals surface area contributed by atoms with E-state index < -0.39 is 0 Å². The van der Waals surface area contributed by atoms with Crippen molar-refractivity contribution in [2.45, 2.75) is 0 Å². The second-order valence-electron chi connectivity index (χ2n) is 3.32. The van der Waals surface area contributed by atoms with Gasteiger partial charge in [-0.25, -0.2) is 9.97 Å². The van der Waals surface area contributed by atoms with Crippen molar-refractivity contribution in [3.8, 4) is 11.3 Å². The molecule has 0 amide bonds. The van der Waals surface area contributed by atoms with E-state index in [1.54, 1.807) is 6.20 Å². The molecule has 0 saturated heterocycles. The molecule has 3 aromatic rings. The maximum absolute atomic E-state index is 4.09. The number of aromatic amines is 1. The van der Waals surface area contributed by atoms with Crippen molar-refractivity contribution in [1.82, 2.24) is 15.0 Å². The Hall–Kier alpha value is -2.16. The van der Waals surface area contributed by atoms with Gasteiger partial charge in [-0.3, -0.25) is 0 Å². The van der Waals surface area contributed by atoms with Crippen LogP contribution >= 0.6 is 0 Å². The van der Waals surface area contributed by atoms with Crippen molar-refractivity contribution < 1.29 is 0 Å². The van der Waals surface area contributed by atoms with Gasteiger partial charge in [-0.2, -0.15) is 0 Å². The normalized spacial score (nSPS) is 10.7. The Labute approximate surface area is 86.8 Å². The quantitative estimate of drug-likeness (QED) is 0.646. The van der Waals surface area contributed by atoms with Crippen LogP contribution in [-0.2, 0) is 0 Å². The molecule has 15 heavy (non-hydrogen) atoms. The number of hydrogen-bond donors (Lipinski definition) is 1. The third kappa shape index (κ3) is 1.38. The van der Waals surface area contributed by atoms with Gasteiger partial charge in [0.1, 0.15) is 0 Å². The lowest BCUT2D eigenvalue weighted by Gasteiger charge is -1.99. The molecule has 0 bridgehead atoms. The summed E-state index contributed by atoms with van der Waals surface area (Å²) in [5.41, 5.74) is 3.08. The smallest absolute Gasteiger partial charge is 0.198 e. The second kappa shape index (κ2) is 3.20. The minimum Gasteiger partial charge on any atom is -0.361 e. The van der Waals surface area contributed by atoms with Gasteiger partial charge in [0.15, 0.2) is 6.33 Å². The van der Waals surface area contributed by atoms with Gasteiger partial charge < -0.3 is 4.98 Å². The minimum absolute atomic E-state index is 0.890. The van der Waals surface area contributed by atoms with E-state index >= 15 is 0 Å². The molecule has 1 N–H and O–H groups in total. The van der Waals surface area contributed by atoms with Gasteiger partial charge in [0.25, 0.3) is 0 Å². The first-order valence-corrected chi connectivity index (χ1v) is 4.70. The minimum atomic E-state index is 0.890. The molecule has 0 saturated carbocycles. The number of nitrogens with one attached hydrogen (secondary N) is 1. The van der Waals surface area contributed by atoms with E-state index in [0.29, 0.717) is 0 Å². The van der Waals surface area contributed by atoms with Crippen LogP contribution in [0.2, 0.25) is 0 Å². The molecule has 0 unspecified atom stereocenters. The Morgan fingerprint density at radius 1 is 1.13 bits per heavy atom. The van der Waals surface area contributed by atoms with E-state index in [1.165, 1.54) is 5.39 Å². The summed E-state index contributed by atoms with van der Waals surface area (Å²) in [6, 6.07) is 10.1. The maximum Gasteiger partial charge on any atom is 0.198 e. The number of H-pyrrole nitrogens is 1. The zero-order chi connectivity index (χ0) is 10.1. The summed E-state index contributed by atoms with van der Waals surface area (Å²) in [7, 11) is 0. The summed E-state index contributed by atoms with van der Waals surface area (Å²) in [5.74, 6) is 0. The summed E-state index contributed by atoms with van der Waals surface area (Å²) in [6.45, 7) is 0. The van der Waals surface area contributed by atoms with E-state index in [1.807, 2.05) is 24.4 Å². The predicted molar refractivity (Wildman–Crippen MR) is 58.2 cm³/mol. The van der Waals surface area contributed by atoms with Crippen molar-refractivity contribution in [2.75, 3.05) is 0 Å². The first kappa shape index (κ1) is 8.17. The number of rotatable bonds is 1. The first-order chi connectivity index (χ1) is 7.43. The zero-order valence-electron chi connectivity index (χ0n) is 7.94. The summed E-state index contributed by atoms with van der Waals surface area (Å²) < 4.78 is 0. The lowest BCUT2D eigenvalue weighted by atomic mass is 10.1. The molecular formula is C12H8N3. The molecule has 0 spiro atoms. The Kier molecular flexibility index (Phi) is 1.75. The van der Waals surface area contributed by atoms with Gasteiger partial charge in [-0.1, -0.05) is 12.1 Å². The topological polar surface area (TPSA) is 41.6 Å². The fourth-order valence-corrected chi connectivity index (χ4v) is 1.63. The largest absolute Gasteiger partial charge is 0.361 e. The molecule has 0 aliphatic heterocycles. The highest BCUT2D eigenvalue weighted by molar-refractivity contribution is 5.84. The first-order valence-electron chi connectivity index (χ1n) is 4.70. The van der Waals surface area contributed by atoms with Gasteiger partial charge in [0.2, 0.25) is 0 Å². The lowest BCUT2D eigenvalue weighted by molar-refractivity contribution is 1.15. The standard InChI is InChI=1S/C12H8N3/c1-2-10(11-4-5-13-8-15-11)7-12-9(1)3-6-14-12/h1-7,14H. The van der Waals surface area contributed by atoms with Crippen LogP contribution < -0.4 is 0 Å². The van der Waals surface area contributed by atoms with Crippen LogP contribution in [0, 0.1) is 6.33 Å². The van der Waals surface area contributed by atoms with Crippen LogP contribution in [-0.4, -0.2) is 15.0 Å². The fourth-order valence-electron chi connectivity index (χ4n) is 1.63. The van der Waals surface area contributed by atoms with E-state index in [-0.39, 0.29) is 0 Å². The van der Waals surface area contributed by atoms with E-state index in [4.69, 9.17) is 0 Å². The second-order valence-corrected chi connectivity index (χ2v) is 3.32. The molecule has 3 nitrogen and oxygen atoms in total. The van der Waals surface area contributed by atoms with Crippen molar-refractivity contribution in [1.29, 1.82) is 0 Å². The Morgan fingerprint density at radius 2 is 2.13 bits per heavy atom. The predicted octanol–water partition coefficient (Wildman–Crippen LogP) is 2.43. The molecule has 0 atom stereocenters. The molecule has 2 heterocycles. The number of aromatic nitrogens is 3. The molecule has 2 aromatic heterocycles. The van der Waals surface area contributed by atoms with Crippen molar-refractivity contribution in [2.24, 2.45) is 0 Å². The number of fused-ring (bicyclic) bond motifs is 1. The molecule has 1 radical (unpaired) electrons. The highest BCUT2D eigenvalue weighted by atomic mass is 14.8. The van der Waals surface area contributed by atoms with Crippen molar-refractivity contribution in [3.05, 3.63) is 49.1 Å². The zero-order valence-corrected chi connectivity index (χ0v) is 7.94. The van der Waals surface area contributed by atoms with E-state index in [0.717, 1.165) is 16.8 Å². The average Bonchev–Trinajstić information content (AvgIpc) is 2.77. The summed E-state index contributed by atoms with van der Waals surface area (Å²) in [6.07, 6.45) is 6.22. The van der Waals surface area contributed by atoms with Gasteiger partial charge in [0, 0.05) is 23.5 Å². The molecule has 3 heteroatoms. The molecule has 0 aliphatic carbocycles. The average molecular weight is 194 g/mol. The van der Waals surface area contributed by atoms with Gasteiger partial charge in [0.05, 0.1) is 5.69 Å². The third-order valence-electron chi connectivity index (χ3n) is 2.39. The SMILES string of the molecule is [c]1nccc(-c2ccc3cc[nH]c3c2)n1. The Balaban J connectivity index is 2.19. The van der Waals surface area contributed by atoms with Crippen LogP contribution in [0.4, 0.5) is 0 Å². The monoisotopic (exact) mass is 194 g/mol. The number of benzene rings is 1. The molecule has 1 aromatic carbocycles. The van der Waals surface area contributed by atoms with Crippen molar-refractivity contribution >= 4 is 10.9 Å². The van der Waals surface area contributed by atoms with Crippen LogP contribution in [0.3, 0.4) is 0 Å². The van der Waals surface area contributed by atoms with Crippen LogP contribution in [0.5, 0.6) is 0 Å². The van der Waals surface area contributed by atoms with Crippen LogP contribution in [0.1, 0.15) is 0 Å². The van der Waals surface area contributed by atoms with Gasteiger partial charge in [-0.15, -0.1) is 0 Å². The summed E-state index contributed by atoms with van der Waals surface area (Å²) >= 11 is 0. The number of hydrogen-bond acceptors (Lipinski definition) is 2. The third-order valence-corrected chi connectivity index (χ3v) is 2.39. The Morgan fingerprint density at radius 3 is 3.00 bits per heavy atom. The molecule has 3 rings (SSSR count). The van der Waals surface area contributed by atoms with E-state index in [2.05, 4.69) is 33.4 Å². The van der Waals surface area contributed by atoms with Gasteiger partial charge >= 0.3 is 0 Å². The van der Waals surface area contributed by atoms with Gasteiger partial charge in [-0.05, 0) is 23.6 Å². The molecular weight excluding hydrogens is 186 g/mol.